The Morgan fingerprint density at radius 1 is 1.02 bits per heavy atom. The van der Waals surface area contributed by atoms with Gasteiger partial charge in [0.15, 0.2) is 0 Å². The van der Waals surface area contributed by atoms with Crippen LogP contribution in [0.15, 0.2) is 54.7 Å². The number of amides is 4. The number of nitrogens with zero attached hydrogens (tertiary/aromatic N) is 2. The van der Waals surface area contributed by atoms with Gasteiger partial charge in [0, 0.05) is 44.3 Å². The Hall–Kier alpha value is -4.16. The predicted molar refractivity (Wildman–Crippen MR) is 180 cm³/mol. The standard InChI is InChI=1S/C34H44ClFN6O5/c1-34(2,3)47-32(44)38-16-15-37-14-8-12-26-25(21-46-33(45)41-29-18-22-9-5-6-10-23(22)19-39-29)17-28(26)42(4)31(43)40-20-24-11-7-13-27(36)30(24)35/h5-7,9-11,13,18-19,25-26,28,37H,8,12,14-17,20-21H2,1-4H3,(H,38,44)(H,40,43)(H,39,41,45)/t25?,26-,28?/m0/s1. The summed E-state index contributed by atoms with van der Waals surface area (Å²) in [6.45, 7) is 7.43. The monoisotopic (exact) mass is 670 g/mol. The number of anilines is 1. The lowest BCUT2D eigenvalue weighted by atomic mass is 9.67. The van der Waals surface area contributed by atoms with Gasteiger partial charge in [0.1, 0.15) is 17.2 Å². The number of nitrogens with one attached hydrogen (secondary N) is 4. The van der Waals surface area contributed by atoms with Gasteiger partial charge < -0.3 is 30.3 Å². The minimum atomic E-state index is -0.591. The van der Waals surface area contributed by atoms with Gasteiger partial charge in [-0.25, -0.2) is 23.8 Å². The van der Waals surface area contributed by atoms with E-state index in [0.29, 0.717) is 37.4 Å². The van der Waals surface area contributed by atoms with Crippen LogP contribution >= 0.6 is 11.6 Å². The highest BCUT2D eigenvalue weighted by atomic mass is 35.5. The Kier molecular flexibility index (Phi) is 12.6. The summed E-state index contributed by atoms with van der Waals surface area (Å²) in [5, 5.41) is 13.5. The van der Waals surface area contributed by atoms with Gasteiger partial charge in [-0.2, -0.15) is 0 Å². The molecule has 0 aliphatic heterocycles. The van der Waals surface area contributed by atoms with Gasteiger partial charge >= 0.3 is 18.2 Å². The molecule has 3 aromatic rings. The molecule has 47 heavy (non-hydrogen) atoms. The first-order valence-electron chi connectivity index (χ1n) is 15.8. The minimum Gasteiger partial charge on any atom is -0.449 e. The predicted octanol–water partition coefficient (Wildman–Crippen LogP) is 6.32. The van der Waals surface area contributed by atoms with E-state index in [1.54, 1.807) is 36.3 Å². The number of hydrogen-bond donors (Lipinski definition) is 4. The van der Waals surface area contributed by atoms with Crippen LogP contribution in [-0.2, 0) is 16.0 Å². The molecular weight excluding hydrogens is 627 g/mol. The zero-order valence-electron chi connectivity index (χ0n) is 27.3. The molecule has 11 nitrogen and oxygen atoms in total. The quantitative estimate of drug-likeness (QED) is 0.157. The average molecular weight is 671 g/mol. The Morgan fingerprint density at radius 3 is 2.55 bits per heavy atom. The molecule has 1 aliphatic carbocycles. The smallest absolute Gasteiger partial charge is 0.412 e. The number of benzene rings is 2. The molecule has 0 radical (unpaired) electrons. The van der Waals surface area contributed by atoms with E-state index in [4.69, 9.17) is 21.1 Å². The number of alkyl carbamates (subject to hydrolysis) is 1. The van der Waals surface area contributed by atoms with E-state index in [0.717, 1.165) is 23.6 Å². The highest BCUT2D eigenvalue weighted by Gasteiger charge is 2.44. The molecule has 2 aromatic carbocycles. The molecule has 4 amide bonds. The zero-order valence-corrected chi connectivity index (χ0v) is 28.0. The second kappa shape index (κ2) is 16.6. The van der Waals surface area contributed by atoms with Crippen molar-refractivity contribution in [3.8, 4) is 0 Å². The van der Waals surface area contributed by atoms with E-state index < -0.39 is 23.6 Å². The van der Waals surface area contributed by atoms with Crippen LogP contribution in [0.4, 0.5) is 24.6 Å². The second-order valence-electron chi connectivity index (χ2n) is 12.7. The van der Waals surface area contributed by atoms with Crippen LogP contribution in [0, 0.1) is 17.7 Å². The number of carbonyl (C=O) groups excluding carboxylic acids is 3. The van der Waals surface area contributed by atoms with Crippen LogP contribution in [0.2, 0.25) is 5.02 Å². The molecule has 3 atom stereocenters. The molecule has 2 unspecified atom stereocenters. The highest BCUT2D eigenvalue weighted by Crippen LogP contribution is 2.41. The van der Waals surface area contributed by atoms with Crippen LogP contribution < -0.4 is 21.3 Å². The van der Waals surface area contributed by atoms with Crippen LogP contribution in [-0.4, -0.2) is 73.0 Å². The number of carbonyl (C=O) groups is 3. The van der Waals surface area contributed by atoms with Crippen molar-refractivity contribution in [1.82, 2.24) is 25.8 Å². The maximum Gasteiger partial charge on any atom is 0.412 e. The first-order valence-corrected chi connectivity index (χ1v) is 16.2. The van der Waals surface area contributed by atoms with Crippen LogP contribution in [0.25, 0.3) is 10.8 Å². The van der Waals surface area contributed by atoms with E-state index in [9.17, 15) is 18.8 Å². The van der Waals surface area contributed by atoms with Crippen molar-refractivity contribution in [1.29, 1.82) is 0 Å². The summed E-state index contributed by atoms with van der Waals surface area (Å²) in [6, 6.07) is 13.6. The third kappa shape index (κ3) is 10.7. The molecule has 0 bridgehead atoms. The van der Waals surface area contributed by atoms with Crippen molar-refractivity contribution in [2.24, 2.45) is 11.8 Å². The molecule has 1 aromatic heterocycles. The maximum atomic E-state index is 13.8. The molecular formula is C34H44ClFN6O5. The highest BCUT2D eigenvalue weighted by molar-refractivity contribution is 6.31. The first-order chi connectivity index (χ1) is 22.4. The summed E-state index contributed by atoms with van der Waals surface area (Å²) in [4.78, 5) is 43.5. The summed E-state index contributed by atoms with van der Waals surface area (Å²) >= 11 is 6.06. The van der Waals surface area contributed by atoms with Crippen LogP contribution in [0.3, 0.4) is 0 Å². The largest absolute Gasteiger partial charge is 0.449 e. The number of halogens is 2. The third-order valence-corrected chi connectivity index (χ3v) is 8.50. The van der Waals surface area contributed by atoms with E-state index in [-0.39, 0.29) is 42.1 Å². The lowest BCUT2D eigenvalue weighted by molar-refractivity contribution is -0.00504. The number of aromatic nitrogens is 1. The molecule has 0 saturated heterocycles. The molecule has 4 N–H and O–H groups in total. The maximum absolute atomic E-state index is 13.8. The molecule has 1 fully saturated rings. The number of fused-ring (bicyclic) bond motifs is 1. The summed E-state index contributed by atoms with van der Waals surface area (Å²) in [6.07, 6.45) is 2.90. The van der Waals surface area contributed by atoms with Gasteiger partial charge in [-0.05, 0) is 81.5 Å². The van der Waals surface area contributed by atoms with Crippen molar-refractivity contribution in [2.45, 2.75) is 58.2 Å². The lowest BCUT2D eigenvalue weighted by Crippen LogP contribution is -2.56. The Labute approximate surface area is 279 Å². The fourth-order valence-electron chi connectivity index (χ4n) is 5.60. The van der Waals surface area contributed by atoms with E-state index in [1.165, 1.54) is 6.07 Å². The zero-order chi connectivity index (χ0) is 34.0. The van der Waals surface area contributed by atoms with Gasteiger partial charge in [-0.3, -0.25) is 5.32 Å². The Balaban J connectivity index is 1.27. The number of pyridine rings is 1. The lowest BCUT2D eigenvalue weighted by Gasteiger charge is -2.48. The third-order valence-electron chi connectivity index (χ3n) is 8.07. The van der Waals surface area contributed by atoms with Gasteiger partial charge in [-0.15, -0.1) is 0 Å². The van der Waals surface area contributed by atoms with E-state index in [1.807, 2.05) is 45.0 Å². The van der Waals surface area contributed by atoms with Gasteiger partial charge in [0.05, 0.1) is 11.6 Å². The minimum absolute atomic E-state index is 0.0138. The molecule has 1 saturated carbocycles. The topological polar surface area (TPSA) is 134 Å². The molecule has 254 valence electrons. The molecule has 1 heterocycles. The number of rotatable bonds is 13. The fraction of sp³-hybridized carbons (Fsp3) is 0.471. The van der Waals surface area contributed by atoms with Crippen molar-refractivity contribution >= 4 is 46.4 Å². The normalized spacial score (nSPS) is 17.4. The summed E-state index contributed by atoms with van der Waals surface area (Å²) < 4.78 is 24.7. The molecule has 4 rings (SSSR count). The van der Waals surface area contributed by atoms with Crippen molar-refractivity contribution in [3.63, 3.8) is 0 Å². The van der Waals surface area contributed by atoms with Crippen LogP contribution in [0.5, 0.6) is 0 Å². The molecule has 0 spiro atoms. The molecule has 13 heteroatoms. The first kappa shape index (κ1) is 35.7. The van der Waals surface area contributed by atoms with Crippen LogP contribution in [0.1, 0.15) is 45.6 Å². The summed E-state index contributed by atoms with van der Waals surface area (Å²) in [7, 11) is 1.73. The second-order valence-corrected chi connectivity index (χ2v) is 13.0. The van der Waals surface area contributed by atoms with Gasteiger partial charge in [-0.1, -0.05) is 48.0 Å². The van der Waals surface area contributed by atoms with Gasteiger partial charge in [0.2, 0.25) is 0 Å². The Bertz CT molecular complexity index is 1540. The molecule has 1 aliphatic rings. The van der Waals surface area contributed by atoms with Crippen molar-refractivity contribution in [3.05, 3.63) is 71.1 Å². The van der Waals surface area contributed by atoms with E-state index >= 15 is 0 Å². The average Bonchev–Trinajstić information content (AvgIpc) is 3.01. The number of hydrogen-bond acceptors (Lipinski definition) is 7. The van der Waals surface area contributed by atoms with E-state index in [2.05, 4.69) is 26.3 Å². The summed E-state index contributed by atoms with van der Waals surface area (Å²) in [5.41, 5.74) is -0.0641. The van der Waals surface area contributed by atoms with Crippen molar-refractivity contribution < 1.29 is 28.2 Å². The van der Waals surface area contributed by atoms with Gasteiger partial charge in [0.25, 0.3) is 0 Å². The van der Waals surface area contributed by atoms with Crippen molar-refractivity contribution in [2.75, 3.05) is 38.6 Å². The number of ether oxygens (including phenoxy) is 2. The summed E-state index contributed by atoms with van der Waals surface area (Å²) in [5.74, 6) is -0.00374. The fourth-order valence-corrected chi connectivity index (χ4v) is 5.80. The Morgan fingerprint density at radius 2 is 1.79 bits per heavy atom. The number of urea groups is 1. The SMILES string of the molecule is CN(C(=O)NCc1cccc(F)c1Cl)C1CC(COC(=O)Nc2cc3ccccc3cn2)[C@@H]1CCCNCCNC(=O)OC(C)(C)C.